The Balaban J connectivity index is 1.95. The normalized spacial score (nSPS) is 12.1. The molecule has 20 heavy (non-hydrogen) atoms. The lowest BCUT2D eigenvalue weighted by atomic mass is 10.1. The van der Waals surface area contributed by atoms with E-state index in [9.17, 15) is 15.1 Å². The predicted molar refractivity (Wildman–Crippen MR) is 72.2 cm³/mol. The Labute approximate surface area is 116 Å². The highest BCUT2D eigenvalue weighted by molar-refractivity contribution is 5.91. The van der Waals surface area contributed by atoms with Gasteiger partial charge in [-0.3, -0.25) is 10.0 Å². The molecule has 0 bridgehead atoms. The van der Waals surface area contributed by atoms with Crippen molar-refractivity contribution in [3.8, 4) is 0 Å². The minimum absolute atomic E-state index is 0.116. The predicted octanol–water partition coefficient (Wildman–Crippen LogP) is 1.23. The number of hydrogen-bond donors (Lipinski definition) is 3. The van der Waals surface area contributed by atoms with Crippen molar-refractivity contribution >= 4 is 5.91 Å². The first-order valence-corrected chi connectivity index (χ1v) is 6.38. The van der Waals surface area contributed by atoms with Crippen molar-refractivity contribution < 1.29 is 15.1 Å². The standard InChI is InChI=1S/C14H17N3O3/c18-9-12(7-6-11-4-2-1-3-5-11)17(20)14(19)13-8-15-10-16-13/h1-5,8,10,12,18,20H,6-7,9H2,(H,15,16)/t12-/m0/s1. The third-order valence-corrected chi connectivity index (χ3v) is 3.09. The second kappa shape index (κ2) is 6.83. The monoisotopic (exact) mass is 275 g/mol. The van der Waals surface area contributed by atoms with E-state index in [1.165, 1.54) is 12.5 Å². The van der Waals surface area contributed by atoms with E-state index < -0.39 is 11.9 Å². The summed E-state index contributed by atoms with van der Waals surface area (Å²) in [5.74, 6) is -0.627. The summed E-state index contributed by atoms with van der Waals surface area (Å²) in [5, 5.41) is 19.8. The molecule has 0 spiro atoms. The van der Waals surface area contributed by atoms with Crippen LogP contribution in [0.15, 0.2) is 42.9 Å². The molecule has 106 valence electrons. The topological polar surface area (TPSA) is 89.5 Å². The molecule has 2 rings (SSSR count). The number of aliphatic hydroxyl groups excluding tert-OH is 1. The largest absolute Gasteiger partial charge is 0.394 e. The number of nitrogens with zero attached hydrogens (tertiary/aromatic N) is 2. The number of carbonyl (C=O) groups excluding carboxylic acids is 1. The molecule has 0 aliphatic rings. The smallest absolute Gasteiger partial charge is 0.297 e. The van der Waals surface area contributed by atoms with Crippen molar-refractivity contribution in [2.45, 2.75) is 18.9 Å². The molecule has 0 aliphatic heterocycles. The zero-order valence-electron chi connectivity index (χ0n) is 10.9. The number of rotatable bonds is 6. The van der Waals surface area contributed by atoms with Crippen LogP contribution in [0.3, 0.4) is 0 Å². The van der Waals surface area contributed by atoms with E-state index in [1.807, 2.05) is 30.3 Å². The van der Waals surface area contributed by atoms with E-state index in [2.05, 4.69) is 9.97 Å². The van der Waals surface area contributed by atoms with E-state index in [1.54, 1.807) is 0 Å². The summed E-state index contributed by atoms with van der Waals surface area (Å²) in [6.07, 6.45) is 3.89. The fraction of sp³-hybridized carbons (Fsp3) is 0.286. The van der Waals surface area contributed by atoms with Gasteiger partial charge in [0.05, 0.1) is 19.0 Å². The summed E-state index contributed by atoms with van der Waals surface area (Å²) < 4.78 is 0. The van der Waals surface area contributed by atoms with Crippen LogP contribution in [0.4, 0.5) is 0 Å². The first-order chi connectivity index (χ1) is 9.72. The summed E-state index contributed by atoms with van der Waals surface area (Å²) >= 11 is 0. The molecule has 1 amide bonds. The lowest BCUT2D eigenvalue weighted by Crippen LogP contribution is -2.40. The molecule has 0 saturated carbocycles. The fourth-order valence-electron chi connectivity index (χ4n) is 1.93. The Morgan fingerprint density at radius 3 is 2.70 bits per heavy atom. The van der Waals surface area contributed by atoms with Crippen LogP contribution in [0.1, 0.15) is 22.5 Å². The lowest BCUT2D eigenvalue weighted by molar-refractivity contribution is -0.102. The number of hydroxylamine groups is 2. The first-order valence-electron chi connectivity index (χ1n) is 6.38. The Morgan fingerprint density at radius 1 is 1.35 bits per heavy atom. The van der Waals surface area contributed by atoms with Gasteiger partial charge in [0.25, 0.3) is 5.91 Å². The third-order valence-electron chi connectivity index (χ3n) is 3.09. The molecule has 6 nitrogen and oxygen atoms in total. The number of aromatic amines is 1. The van der Waals surface area contributed by atoms with Crippen LogP contribution in [-0.4, -0.2) is 43.9 Å². The number of aryl methyl sites for hydroxylation is 1. The van der Waals surface area contributed by atoms with Crippen LogP contribution in [0.2, 0.25) is 0 Å². The van der Waals surface area contributed by atoms with Gasteiger partial charge in [0, 0.05) is 6.20 Å². The van der Waals surface area contributed by atoms with E-state index in [4.69, 9.17) is 0 Å². The number of nitrogens with one attached hydrogen (secondary N) is 1. The van der Waals surface area contributed by atoms with Crippen LogP contribution >= 0.6 is 0 Å². The number of hydrogen-bond acceptors (Lipinski definition) is 4. The number of benzene rings is 1. The maximum absolute atomic E-state index is 11.9. The number of amides is 1. The van der Waals surface area contributed by atoms with Crippen molar-refractivity contribution in [2.75, 3.05) is 6.61 Å². The molecule has 1 heterocycles. The highest BCUT2D eigenvalue weighted by atomic mass is 16.5. The molecule has 3 N–H and O–H groups in total. The Kier molecular flexibility index (Phi) is 4.86. The van der Waals surface area contributed by atoms with Gasteiger partial charge >= 0.3 is 0 Å². The Morgan fingerprint density at radius 2 is 2.10 bits per heavy atom. The first kappa shape index (κ1) is 14.2. The second-order valence-corrected chi connectivity index (χ2v) is 4.46. The highest BCUT2D eigenvalue weighted by Gasteiger charge is 2.23. The molecule has 0 saturated heterocycles. The molecular formula is C14H17N3O3. The fourth-order valence-corrected chi connectivity index (χ4v) is 1.93. The van der Waals surface area contributed by atoms with Gasteiger partial charge in [-0.05, 0) is 18.4 Å². The summed E-state index contributed by atoms with van der Waals surface area (Å²) in [6, 6.07) is 9.05. The Hall–Kier alpha value is -2.18. The van der Waals surface area contributed by atoms with Crippen molar-refractivity contribution in [1.29, 1.82) is 0 Å². The summed E-state index contributed by atoms with van der Waals surface area (Å²) in [7, 11) is 0. The van der Waals surface area contributed by atoms with Crippen molar-refractivity contribution in [1.82, 2.24) is 15.0 Å². The van der Waals surface area contributed by atoms with Gasteiger partial charge in [-0.1, -0.05) is 30.3 Å². The molecule has 1 aromatic carbocycles. The molecule has 0 radical (unpaired) electrons. The molecule has 1 aromatic heterocycles. The van der Waals surface area contributed by atoms with Gasteiger partial charge in [0.1, 0.15) is 5.69 Å². The van der Waals surface area contributed by atoms with Gasteiger partial charge in [0.15, 0.2) is 0 Å². The number of aromatic nitrogens is 2. The van der Waals surface area contributed by atoms with Crippen LogP contribution in [0.5, 0.6) is 0 Å². The quantitative estimate of drug-likeness (QED) is 0.546. The summed E-state index contributed by atoms with van der Waals surface area (Å²) in [6.45, 7) is -0.306. The summed E-state index contributed by atoms with van der Waals surface area (Å²) in [4.78, 5) is 18.3. The number of imidazole rings is 1. The third kappa shape index (κ3) is 3.43. The average Bonchev–Trinajstić information content (AvgIpc) is 3.02. The van der Waals surface area contributed by atoms with E-state index in [0.29, 0.717) is 17.9 Å². The molecule has 0 fully saturated rings. The van der Waals surface area contributed by atoms with Gasteiger partial charge in [0.2, 0.25) is 0 Å². The number of carbonyl (C=O) groups is 1. The van der Waals surface area contributed by atoms with Gasteiger partial charge in [-0.15, -0.1) is 0 Å². The van der Waals surface area contributed by atoms with Crippen LogP contribution in [-0.2, 0) is 6.42 Å². The van der Waals surface area contributed by atoms with E-state index in [0.717, 1.165) is 5.56 Å². The van der Waals surface area contributed by atoms with Crippen molar-refractivity contribution in [3.63, 3.8) is 0 Å². The van der Waals surface area contributed by atoms with Crippen LogP contribution in [0, 0.1) is 0 Å². The minimum Gasteiger partial charge on any atom is -0.394 e. The van der Waals surface area contributed by atoms with Crippen LogP contribution in [0.25, 0.3) is 0 Å². The van der Waals surface area contributed by atoms with Crippen LogP contribution < -0.4 is 0 Å². The second-order valence-electron chi connectivity index (χ2n) is 4.46. The van der Waals surface area contributed by atoms with Crippen molar-refractivity contribution in [2.24, 2.45) is 0 Å². The van der Waals surface area contributed by atoms with Gasteiger partial charge in [-0.2, -0.15) is 0 Å². The molecule has 0 unspecified atom stereocenters. The average molecular weight is 275 g/mol. The number of aliphatic hydroxyl groups is 1. The Bertz CT molecular complexity index is 528. The SMILES string of the molecule is O=C(c1c[nH]cn1)N(O)[C@H](CO)CCc1ccccc1. The summed E-state index contributed by atoms with van der Waals surface area (Å²) in [5.41, 5.74) is 1.21. The van der Waals surface area contributed by atoms with E-state index in [-0.39, 0.29) is 12.3 Å². The van der Waals surface area contributed by atoms with E-state index >= 15 is 0 Å². The highest BCUT2D eigenvalue weighted by Crippen LogP contribution is 2.11. The lowest BCUT2D eigenvalue weighted by Gasteiger charge is -2.23. The molecule has 1 atom stereocenters. The van der Waals surface area contributed by atoms with Crippen molar-refractivity contribution in [3.05, 3.63) is 54.1 Å². The van der Waals surface area contributed by atoms with Gasteiger partial charge < -0.3 is 10.1 Å². The molecule has 0 aliphatic carbocycles. The number of H-pyrrole nitrogens is 1. The van der Waals surface area contributed by atoms with Gasteiger partial charge in [-0.25, -0.2) is 10.0 Å². The molecular weight excluding hydrogens is 258 g/mol. The molecule has 2 aromatic rings. The maximum Gasteiger partial charge on any atom is 0.297 e. The zero-order valence-corrected chi connectivity index (χ0v) is 10.9. The zero-order chi connectivity index (χ0) is 14.4. The maximum atomic E-state index is 11.9. The molecule has 6 heteroatoms. The minimum atomic E-state index is -0.653.